The van der Waals surface area contributed by atoms with Gasteiger partial charge in [0.05, 0.1) is 16.1 Å². The maximum Gasteiger partial charge on any atom is 0.289 e. The summed E-state index contributed by atoms with van der Waals surface area (Å²) in [6.45, 7) is 18.1. The number of nitro benzene ring substituents is 1. The number of para-hydroxylation sites is 1. The van der Waals surface area contributed by atoms with Gasteiger partial charge in [0, 0.05) is 18.0 Å². The summed E-state index contributed by atoms with van der Waals surface area (Å²) in [6, 6.07) is 5.78. The number of fused-ring (bicyclic) bond motifs is 3. The molecule has 4 atom stereocenters. The van der Waals surface area contributed by atoms with Crippen LogP contribution in [-0.2, 0) is 14.4 Å². The summed E-state index contributed by atoms with van der Waals surface area (Å²) < 4.78 is 38.1. The van der Waals surface area contributed by atoms with E-state index in [0.717, 1.165) is 31.3 Å². The first kappa shape index (κ1) is 29.4. The molecule has 212 valence electrons. The van der Waals surface area contributed by atoms with Crippen molar-refractivity contribution in [1.29, 1.82) is 0 Å². The smallest absolute Gasteiger partial charge is 0.289 e. The predicted molar refractivity (Wildman–Crippen MR) is 154 cm³/mol. The summed E-state index contributed by atoms with van der Waals surface area (Å²) in [5, 5.41) is 11.9. The third kappa shape index (κ3) is 4.41. The van der Waals surface area contributed by atoms with Crippen LogP contribution in [0.3, 0.4) is 0 Å². The second kappa shape index (κ2) is 9.53. The lowest BCUT2D eigenvalue weighted by Gasteiger charge is -2.68. The van der Waals surface area contributed by atoms with Gasteiger partial charge in [0.2, 0.25) is 0 Å². The van der Waals surface area contributed by atoms with E-state index in [1.807, 2.05) is 13.8 Å². The average molecular weight is 563 g/mol. The van der Waals surface area contributed by atoms with Gasteiger partial charge >= 0.3 is 0 Å². The number of rotatable bonds is 7. The van der Waals surface area contributed by atoms with Crippen LogP contribution >= 0.6 is 0 Å². The van der Waals surface area contributed by atoms with E-state index in [1.165, 1.54) is 18.2 Å². The second-order valence-electron chi connectivity index (χ2n) is 14.0. The van der Waals surface area contributed by atoms with Crippen LogP contribution in [-0.4, -0.2) is 43.6 Å². The molecule has 3 aliphatic rings. The Bertz CT molecular complexity index is 1240. The van der Waals surface area contributed by atoms with Crippen LogP contribution in [0, 0.1) is 26.9 Å². The minimum atomic E-state index is -4.18. The van der Waals surface area contributed by atoms with Crippen molar-refractivity contribution in [3.05, 3.63) is 46.0 Å². The Labute approximate surface area is 230 Å². The normalized spacial score (nSPS) is 33.3. The molecule has 7 nitrogen and oxygen atoms in total. The van der Waals surface area contributed by atoms with E-state index in [9.17, 15) is 18.5 Å². The fourth-order valence-electron chi connectivity index (χ4n) is 8.57. The molecule has 1 heterocycles. The number of benzene rings is 1. The van der Waals surface area contributed by atoms with Crippen molar-refractivity contribution in [2.45, 2.75) is 115 Å². The quantitative estimate of drug-likeness (QED) is 0.150. The highest BCUT2D eigenvalue weighted by Crippen LogP contribution is 2.70. The molecule has 0 spiro atoms. The zero-order valence-corrected chi connectivity index (χ0v) is 26.3. The van der Waals surface area contributed by atoms with Crippen molar-refractivity contribution in [2.75, 3.05) is 6.54 Å². The molecule has 1 aromatic carbocycles. The SMILES string of the molecule is CC(C)=CC[C@@]12CC[C@H]3C(C)(C)CCC[C@]3(C)[C@]1(O[Si](C)(C)C)CCN2S(=O)(=O)c1ccccc1[N+](=O)[O-]. The van der Waals surface area contributed by atoms with Gasteiger partial charge in [-0.05, 0) is 89.4 Å². The third-order valence-corrected chi connectivity index (χ3v) is 12.8. The second-order valence-corrected chi connectivity index (χ2v) is 20.2. The van der Waals surface area contributed by atoms with Crippen LogP contribution in [0.5, 0.6) is 0 Å². The van der Waals surface area contributed by atoms with Crippen LogP contribution in [0.15, 0.2) is 40.8 Å². The molecule has 2 saturated carbocycles. The van der Waals surface area contributed by atoms with Gasteiger partial charge in [-0.25, -0.2) is 8.42 Å². The Hall–Kier alpha value is -1.55. The first-order chi connectivity index (χ1) is 17.4. The third-order valence-electron chi connectivity index (χ3n) is 9.85. The summed E-state index contributed by atoms with van der Waals surface area (Å²) in [5.74, 6) is 0.411. The van der Waals surface area contributed by atoms with E-state index < -0.39 is 34.4 Å². The molecule has 0 N–H and O–H groups in total. The van der Waals surface area contributed by atoms with E-state index in [2.05, 4.69) is 46.5 Å². The summed E-state index contributed by atoms with van der Waals surface area (Å²) >= 11 is 0. The van der Waals surface area contributed by atoms with E-state index in [0.29, 0.717) is 31.7 Å². The van der Waals surface area contributed by atoms with E-state index in [-0.39, 0.29) is 21.4 Å². The Morgan fingerprint density at radius 2 is 1.79 bits per heavy atom. The van der Waals surface area contributed by atoms with Gasteiger partial charge in [-0.3, -0.25) is 10.1 Å². The van der Waals surface area contributed by atoms with Crippen molar-refractivity contribution in [2.24, 2.45) is 16.7 Å². The summed E-state index contributed by atoms with van der Waals surface area (Å²) in [5.41, 5.74) is -0.801. The van der Waals surface area contributed by atoms with E-state index in [1.54, 1.807) is 10.4 Å². The summed E-state index contributed by atoms with van der Waals surface area (Å²) in [7, 11) is -6.34. The maximum atomic E-state index is 14.5. The van der Waals surface area contributed by atoms with Crippen molar-refractivity contribution >= 4 is 24.0 Å². The lowest BCUT2D eigenvalue weighted by Crippen LogP contribution is -2.74. The maximum absolute atomic E-state index is 14.5. The fraction of sp³-hybridized carbons (Fsp3) is 0.724. The molecule has 3 fully saturated rings. The van der Waals surface area contributed by atoms with Gasteiger partial charge in [0.25, 0.3) is 15.7 Å². The molecule has 2 aliphatic carbocycles. The summed E-state index contributed by atoms with van der Waals surface area (Å²) in [4.78, 5) is 11.1. The molecule has 1 aliphatic heterocycles. The lowest BCUT2D eigenvalue weighted by atomic mass is 9.43. The molecule has 0 amide bonds. The van der Waals surface area contributed by atoms with Gasteiger partial charge in [0.15, 0.2) is 13.2 Å². The van der Waals surface area contributed by atoms with Crippen molar-refractivity contribution < 1.29 is 17.8 Å². The molecular formula is C29H46N2O5SSi. The molecule has 0 aromatic heterocycles. The fourth-order valence-corrected chi connectivity index (χ4v) is 12.1. The molecule has 38 heavy (non-hydrogen) atoms. The standard InChI is InChI=1S/C29H46N2O5SSi/c1-22(2)14-18-28-19-15-25-26(3,4)16-11-17-27(25,5)29(28,36-38(6,7)8)20-21-30(28)37(34,35)24-13-10-9-12-23(24)31(32)33/h9-10,12-14,25H,11,15-21H2,1-8H3/t25-,27-,28+,29+/m0/s1. The van der Waals surface area contributed by atoms with Crippen LogP contribution in [0.4, 0.5) is 5.69 Å². The minimum absolute atomic E-state index is 0.135. The molecule has 0 radical (unpaired) electrons. The van der Waals surface area contributed by atoms with Gasteiger partial charge in [-0.15, -0.1) is 0 Å². The number of hydrogen-bond donors (Lipinski definition) is 0. The average Bonchev–Trinajstić information content (AvgIpc) is 3.12. The van der Waals surface area contributed by atoms with Gasteiger partial charge in [-0.2, -0.15) is 4.31 Å². The predicted octanol–water partition coefficient (Wildman–Crippen LogP) is 7.30. The van der Waals surface area contributed by atoms with Crippen LogP contribution in [0.1, 0.15) is 79.6 Å². The highest BCUT2D eigenvalue weighted by atomic mass is 32.2. The molecular weight excluding hydrogens is 516 g/mol. The van der Waals surface area contributed by atoms with Crippen LogP contribution in [0.2, 0.25) is 19.6 Å². The number of nitro groups is 1. The first-order valence-electron chi connectivity index (χ1n) is 14.0. The van der Waals surface area contributed by atoms with Crippen molar-refractivity contribution in [3.63, 3.8) is 0 Å². The molecule has 9 heteroatoms. The molecule has 1 saturated heterocycles. The Kier molecular flexibility index (Phi) is 7.38. The number of sulfonamides is 1. The highest BCUT2D eigenvalue weighted by Gasteiger charge is 2.75. The summed E-state index contributed by atoms with van der Waals surface area (Å²) in [6.07, 6.45) is 8.17. The highest BCUT2D eigenvalue weighted by molar-refractivity contribution is 7.89. The van der Waals surface area contributed by atoms with Gasteiger partial charge in [-0.1, -0.05) is 51.0 Å². The van der Waals surface area contributed by atoms with E-state index >= 15 is 0 Å². The van der Waals surface area contributed by atoms with Crippen molar-refractivity contribution in [3.8, 4) is 0 Å². The van der Waals surface area contributed by atoms with Gasteiger partial charge in [0.1, 0.15) is 0 Å². The number of allylic oxidation sites excluding steroid dienone is 1. The Balaban J connectivity index is 2.01. The van der Waals surface area contributed by atoms with Gasteiger partial charge < -0.3 is 4.43 Å². The Morgan fingerprint density at radius 1 is 1.13 bits per heavy atom. The molecule has 4 rings (SSSR count). The monoisotopic (exact) mass is 562 g/mol. The van der Waals surface area contributed by atoms with Crippen LogP contribution < -0.4 is 0 Å². The number of nitrogens with zero attached hydrogens (tertiary/aromatic N) is 2. The number of hydrogen-bond acceptors (Lipinski definition) is 5. The Morgan fingerprint density at radius 3 is 2.39 bits per heavy atom. The topological polar surface area (TPSA) is 89.8 Å². The zero-order chi connectivity index (χ0) is 28.4. The molecule has 0 unspecified atom stereocenters. The zero-order valence-electron chi connectivity index (χ0n) is 24.5. The van der Waals surface area contributed by atoms with Crippen molar-refractivity contribution in [1.82, 2.24) is 4.31 Å². The minimum Gasteiger partial charge on any atom is -0.410 e. The first-order valence-corrected chi connectivity index (χ1v) is 18.9. The molecule has 0 bridgehead atoms. The lowest BCUT2D eigenvalue weighted by molar-refractivity contribution is -0.387. The van der Waals surface area contributed by atoms with E-state index in [4.69, 9.17) is 4.43 Å². The van der Waals surface area contributed by atoms with Crippen LogP contribution in [0.25, 0.3) is 0 Å². The molecule has 1 aromatic rings. The largest absolute Gasteiger partial charge is 0.410 e.